The maximum Gasteiger partial charge on any atom is 0.417 e. The standard InChI is InChI=1S/C23H28N2O2/c1-16(17-5-3-2-4-6-17)13-14-24-20-10-7-18(8-11-20)19-9-12-21-22(15-19)27-23(26)25-21/h2-6,9,12,15-16,18,20,24H,7-8,10-11,13-14H2,1H3,(H,25,26). The molecular formula is C23H28N2O2. The molecule has 0 saturated heterocycles. The van der Waals surface area contributed by atoms with E-state index in [0.29, 0.717) is 23.5 Å². The van der Waals surface area contributed by atoms with Crippen molar-refractivity contribution in [3.05, 3.63) is 70.2 Å². The second-order valence-corrected chi connectivity index (χ2v) is 7.87. The number of benzene rings is 2. The van der Waals surface area contributed by atoms with Gasteiger partial charge in [0.2, 0.25) is 0 Å². The Kier molecular flexibility index (Phi) is 5.44. The number of rotatable bonds is 6. The van der Waals surface area contributed by atoms with Crippen molar-refractivity contribution in [2.45, 2.75) is 56.9 Å². The van der Waals surface area contributed by atoms with E-state index in [1.807, 2.05) is 12.1 Å². The second-order valence-electron chi connectivity index (χ2n) is 7.87. The third kappa shape index (κ3) is 4.33. The van der Waals surface area contributed by atoms with E-state index in [9.17, 15) is 4.79 Å². The topological polar surface area (TPSA) is 58.0 Å². The second kappa shape index (κ2) is 8.13. The zero-order valence-electron chi connectivity index (χ0n) is 15.9. The maximum atomic E-state index is 11.3. The Labute approximate surface area is 160 Å². The summed E-state index contributed by atoms with van der Waals surface area (Å²) in [5.74, 6) is 0.786. The predicted octanol–water partition coefficient (Wildman–Crippen LogP) is 4.93. The van der Waals surface area contributed by atoms with Gasteiger partial charge in [-0.2, -0.15) is 0 Å². The van der Waals surface area contributed by atoms with Gasteiger partial charge in [0.25, 0.3) is 0 Å². The van der Waals surface area contributed by atoms with Gasteiger partial charge in [-0.1, -0.05) is 43.3 Å². The summed E-state index contributed by atoms with van der Waals surface area (Å²) in [5, 5.41) is 3.76. The van der Waals surface area contributed by atoms with Crippen molar-refractivity contribution in [3.8, 4) is 0 Å². The molecule has 2 N–H and O–H groups in total. The molecule has 1 aromatic heterocycles. The van der Waals surface area contributed by atoms with Crippen LogP contribution in [0.5, 0.6) is 0 Å². The van der Waals surface area contributed by atoms with Gasteiger partial charge in [0, 0.05) is 6.04 Å². The van der Waals surface area contributed by atoms with Crippen LogP contribution in [0.1, 0.15) is 62.0 Å². The Hall–Kier alpha value is -2.33. The first kappa shape index (κ1) is 18.1. The number of aromatic nitrogens is 1. The third-order valence-electron chi connectivity index (χ3n) is 6.02. The maximum absolute atomic E-state index is 11.3. The first-order valence-electron chi connectivity index (χ1n) is 10.1. The van der Waals surface area contributed by atoms with E-state index in [0.717, 1.165) is 12.1 Å². The van der Waals surface area contributed by atoms with E-state index in [2.05, 4.69) is 53.6 Å². The fourth-order valence-electron chi connectivity index (χ4n) is 4.30. The lowest BCUT2D eigenvalue weighted by atomic mass is 9.81. The van der Waals surface area contributed by atoms with Gasteiger partial charge in [-0.15, -0.1) is 0 Å². The van der Waals surface area contributed by atoms with Gasteiger partial charge in [-0.3, -0.25) is 4.98 Å². The number of fused-ring (bicyclic) bond motifs is 1. The number of hydrogen-bond acceptors (Lipinski definition) is 3. The average Bonchev–Trinajstić information content (AvgIpc) is 3.08. The van der Waals surface area contributed by atoms with Crippen LogP contribution in [0.25, 0.3) is 11.1 Å². The van der Waals surface area contributed by atoms with Crippen molar-refractivity contribution in [1.29, 1.82) is 0 Å². The van der Waals surface area contributed by atoms with Gasteiger partial charge >= 0.3 is 5.76 Å². The molecule has 1 heterocycles. The van der Waals surface area contributed by atoms with Crippen LogP contribution in [0.2, 0.25) is 0 Å². The zero-order valence-corrected chi connectivity index (χ0v) is 15.9. The summed E-state index contributed by atoms with van der Waals surface area (Å²) in [5.41, 5.74) is 4.18. The predicted molar refractivity (Wildman–Crippen MR) is 109 cm³/mol. The van der Waals surface area contributed by atoms with Crippen LogP contribution in [-0.2, 0) is 0 Å². The molecule has 142 valence electrons. The van der Waals surface area contributed by atoms with Gasteiger partial charge in [-0.25, -0.2) is 4.79 Å². The van der Waals surface area contributed by atoms with Gasteiger partial charge in [0.15, 0.2) is 5.58 Å². The molecule has 0 radical (unpaired) electrons. The molecule has 4 heteroatoms. The number of nitrogens with one attached hydrogen (secondary N) is 2. The Morgan fingerprint density at radius 1 is 1.11 bits per heavy atom. The molecule has 27 heavy (non-hydrogen) atoms. The van der Waals surface area contributed by atoms with Crippen LogP contribution in [0.15, 0.2) is 57.7 Å². The van der Waals surface area contributed by atoms with E-state index in [-0.39, 0.29) is 5.76 Å². The van der Waals surface area contributed by atoms with E-state index in [1.165, 1.54) is 43.2 Å². The monoisotopic (exact) mass is 364 g/mol. The molecule has 4 nitrogen and oxygen atoms in total. The van der Waals surface area contributed by atoms with Crippen LogP contribution in [0.3, 0.4) is 0 Å². The quantitative estimate of drug-likeness (QED) is 0.652. The highest BCUT2D eigenvalue weighted by Crippen LogP contribution is 2.34. The molecule has 0 aliphatic heterocycles. The summed E-state index contributed by atoms with van der Waals surface area (Å²) in [7, 11) is 0. The van der Waals surface area contributed by atoms with Crippen molar-refractivity contribution in [1.82, 2.24) is 10.3 Å². The van der Waals surface area contributed by atoms with Crippen LogP contribution in [0, 0.1) is 0 Å². The lowest BCUT2D eigenvalue weighted by Crippen LogP contribution is -2.33. The Morgan fingerprint density at radius 3 is 2.67 bits per heavy atom. The fraction of sp³-hybridized carbons (Fsp3) is 0.435. The van der Waals surface area contributed by atoms with E-state index in [1.54, 1.807) is 0 Å². The van der Waals surface area contributed by atoms with E-state index in [4.69, 9.17) is 4.42 Å². The summed E-state index contributed by atoms with van der Waals surface area (Å²) in [6.45, 7) is 3.38. The minimum Gasteiger partial charge on any atom is -0.408 e. The Bertz CT molecular complexity index is 920. The number of oxazole rings is 1. The van der Waals surface area contributed by atoms with E-state index >= 15 is 0 Å². The number of H-pyrrole nitrogens is 1. The van der Waals surface area contributed by atoms with Crippen molar-refractivity contribution < 1.29 is 4.42 Å². The van der Waals surface area contributed by atoms with Crippen molar-refractivity contribution in [2.24, 2.45) is 0 Å². The third-order valence-corrected chi connectivity index (χ3v) is 6.02. The van der Waals surface area contributed by atoms with Crippen molar-refractivity contribution >= 4 is 11.1 Å². The first-order chi connectivity index (χ1) is 13.2. The summed E-state index contributed by atoms with van der Waals surface area (Å²) >= 11 is 0. The van der Waals surface area contributed by atoms with Crippen LogP contribution < -0.4 is 11.1 Å². The molecule has 1 atom stereocenters. The highest BCUT2D eigenvalue weighted by molar-refractivity contribution is 5.72. The highest BCUT2D eigenvalue weighted by atomic mass is 16.4. The summed E-state index contributed by atoms with van der Waals surface area (Å²) in [6, 6.07) is 17.5. The summed E-state index contributed by atoms with van der Waals surface area (Å²) in [4.78, 5) is 14.0. The molecule has 0 spiro atoms. The van der Waals surface area contributed by atoms with Gasteiger partial charge in [0.1, 0.15) is 0 Å². The molecule has 1 fully saturated rings. The summed E-state index contributed by atoms with van der Waals surface area (Å²) in [6.07, 6.45) is 5.96. The molecule has 1 aliphatic carbocycles. The van der Waals surface area contributed by atoms with Crippen LogP contribution in [0.4, 0.5) is 0 Å². The number of hydrogen-bond donors (Lipinski definition) is 2. The van der Waals surface area contributed by atoms with Crippen molar-refractivity contribution in [3.63, 3.8) is 0 Å². The lowest BCUT2D eigenvalue weighted by molar-refractivity contribution is 0.339. The van der Waals surface area contributed by atoms with Crippen molar-refractivity contribution in [2.75, 3.05) is 6.54 Å². The lowest BCUT2D eigenvalue weighted by Gasteiger charge is -2.30. The smallest absolute Gasteiger partial charge is 0.408 e. The first-order valence-corrected chi connectivity index (χ1v) is 10.1. The molecule has 2 aromatic carbocycles. The molecule has 0 bridgehead atoms. The molecule has 3 aromatic rings. The van der Waals surface area contributed by atoms with Crippen LogP contribution in [-0.4, -0.2) is 17.6 Å². The molecule has 1 saturated carbocycles. The Morgan fingerprint density at radius 2 is 1.89 bits per heavy atom. The molecule has 1 unspecified atom stereocenters. The van der Waals surface area contributed by atoms with Crippen LogP contribution >= 0.6 is 0 Å². The fourth-order valence-corrected chi connectivity index (χ4v) is 4.30. The van der Waals surface area contributed by atoms with Gasteiger partial charge in [-0.05, 0) is 73.7 Å². The normalized spacial score (nSPS) is 21.4. The molecular weight excluding hydrogens is 336 g/mol. The molecule has 0 amide bonds. The minimum absolute atomic E-state index is 0.375. The van der Waals surface area contributed by atoms with Gasteiger partial charge in [0.05, 0.1) is 5.52 Å². The Balaban J connectivity index is 1.25. The molecule has 4 rings (SSSR count). The van der Waals surface area contributed by atoms with Gasteiger partial charge < -0.3 is 9.73 Å². The number of aromatic amines is 1. The minimum atomic E-state index is -0.375. The SMILES string of the molecule is CC(CCNC1CCC(c2ccc3[nH]c(=O)oc3c2)CC1)c1ccccc1. The van der Waals surface area contributed by atoms with E-state index < -0.39 is 0 Å². The molecule has 1 aliphatic rings. The highest BCUT2D eigenvalue weighted by Gasteiger charge is 2.22. The average molecular weight is 364 g/mol. The zero-order chi connectivity index (χ0) is 18.6. The summed E-state index contributed by atoms with van der Waals surface area (Å²) < 4.78 is 5.21. The largest absolute Gasteiger partial charge is 0.417 e.